The van der Waals surface area contributed by atoms with Gasteiger partial charge in [0.1, 0.15) is 11.4 Å². The largest absolute Gasteiger partial charge is 0.394 e. The average Bonchev–Trinajstić information content (AvgIpc) is 3.51. The molecule has 1 amide bonds. The molecule has 5 rings (SSSR count). The maximum absolute atomic E-state index is 12.9. The van der Waals surface area contributed by atoms with Gasteiger partial charge in [-0.1, -0.05) is 41.6 Å². The number of carbonyl (C=O) groups excluding carboxylic acids is 1. The molecule has 1 aliphatic heterocycles. The zero-order chi connectivity index (χ0) is 29.4. The second-order valence-corrected chi connectivity index (χ2v) is 10.7. The van der Waals surface area contributed by atoms with Crippen LogP contribution in [0.25, 0.3) is 11.5 Å². The molecular weight excluding hydrogens is 524 g/mol. The van der Waals surface area contributed by atoms with Crippen molar-refractivity contribution in [1.82, 2.24) is 30.0 Å². The molecular formula is C29H32N8O4. The van der Waals surface area contributed by atoms with Crippen molar-refractivity contribution in [1.29, 1.82) is 0 Å². The van der Waals surface area contributed by atoms with E-state index in [1.165, 1.54) is 6.20 Å². The number of aliphatic hydroxyl groups is 2. The highest BCUT2D eigenvalue weighted by atomic mass is 16.5. The number of nitrogens with zero attached hydrogens (tertiary/aromatic N) is 6. The Bertz CT molecular complexity index is 1580. The van der Waals surface area contributed by atoms with Crippen LogP contribution in [0.3, 0.4) is 0 Å². The molecule has 1 atom stereocenters. The Kier molecular flexibility index (Phi) is 7.28. The number of amides is 1. The maximum atomic E-state index is 12.9. The zero-order valence-electron chi connectivity index (χ0n) is 23.3. The summed E-state index contributed by atoms with van der Waals surface area (Å²) in [6.45, 7) is 10.9. The molecule has 4 heterocycles. The first-order chi connectivity index (χ1) is 19.5. The molecule has 0 saturated heterocycles. The van der Waals surface area contributed by atoms with Crippen LogP contribution in [0.2, 0.25) is 0 Å². The van der Waals surface area contributed by atoms with E-state index in [0.29, 0.717) is 34.9 Å². The molecule has 0 fully saturated rings. The minimum atomic E-state index is -1.30. The minimum Gasteiger partial charge on any atom is -0.394 e. The highest BCUT2D eigenvalue weighted by Gasteiger charge is 2.44. The van der Waals surface area contributed by atoms with Crippen molar-refractivity contribution in [3.63, 3.8) is 0 Å². The van der Waals surface area contributed by atoms with Crippen LogP contribution in [0.5, 0.6) is 0 Å². The van der Waals surface area contributed by atoms with Gasteiger partial charge < -0.3 is 30.3 Å². The summed E-state index contributed by atoms with van der Waals surface area (Å²) >= 11 is 0. The van der Waals surface area contributed by atoms with Gasteiger partial charge in [0, 0.05) is 25.0 Å². The summed E-state index contributed by atoms with van der Waals surface area (Å²) < 4.78 is 5.46. The van der Waals surface area contributed by atoms with Gasteiger partial charge in [0.05, 0.1) is 40.7 Å². The van der Waals surface area contributed by atoms with Gasteiger partial charge in [-0.3, -0.25) is 4.79 Å². The molecule has 3 aromatic heterocycles. The zero-order valence-corrected chi connectivity index (χ0v) is 23.3. The Balaban J connectivity index is 1.51. The van der Waals surface area contributed by atoms with Gasteiger partial charge in [-0.25, -0.2) is 15.0 Å². The van der Waals surface area contributed by atoms with Crippen molar-refractivity contribution < 1.29 is 19.5 Å². The van der Waals surface area contributed by atoms with Crippen LogP contribution in [0.1, 0.15) is 61.2 Å². The number of anilines is 3. The predicted octanol–water partition coefficient (Wildman–Crippen LogP) is 3.92. The molecule has 41 heavy (non-hydrogen) atoms. The molecule has 1 aliphatic rings. The number of hydrogen-bond acceptors (Lipinski definition) is 11. The molecule has 0 unspecified atom stereocenters. The number of nitrogens with one attached hydrogen (secondary N) is 2. The first-order valence-corrected chi connectivity index (χ1v) is 13.1. The Morgan fingerprint density at radius 2 is 1.88 bits per heavy atom. The molecule has 4 N–H and O–H groups in total. The van der Waals surface area contributed by atoms with E-state index in [1.54, 1.807) is 37.1 Å². The first-order valence-electron chi connectivity index (χ1n) is 13.1. The number of carbonyl (C=O) groups is 1. The lowest BCUT2D eigenvalue weighted by molar-refractivity contribution is 0.0646. The number of aliphatic hydroxyl groups excluding tert-OH is 1. The fourth-order valence-electron chi connectivity index (χ4n) is 4.65. The molecule has 0 radical (unpaired) electrons. The van der Waals surface area contributed by atoms with Crippen molar-refractivity contribution in [2.45, 2.75) is 44.9 Å². The topological polar surface area (TPSA) is 162 Å². The van der Waals surface area contributed by atoms with Crippen LogP contribution in [-0.4, -0.2) is 59.3 Å². The molecule has 0 saturated carbocycles. The summed E-state index contributed by atoms with van der Waals surface area (Å²) in [5.41, 5.74) is 0.965. The Morgan fingerprint density at radius 1 is 1.15 bits per heavy atom. The Hall–Kier alpha value is -4.68. The van der Waals surface area contributed by atoms with Crippen LogP contribution in [0, 0.1) is 0 Å². The van der Waals surface area contributed by atoms with E-state index < -0.39 is 17.2 Å². The highest BCUT2D eigenvalue weighted by Crippen LogP contribution is 2.38. The van der Waals surface area contributed by atoms with E-state index in [1.807, 2.05) is 44.2 Å². The van der Waals surface area contributed by atoms with Crippen LogP contribution in [0.4, 0.5) is 17.5 Å². The number of pyridine rings is 1. The average molecular weight is 557 g/mol. The van der Waals surface area contributed by atoms with Gasteiger partial charge in [0.2, 0.25) is 11.8 Å². The summed E-state index contributed by atoms with van der Waals surface area (Å²) in [6, 6.07) is 10.7. The van der Waals surface area contributed by atoms with Gasteiger partial charge in [-0.2, -0.15) is 4.98 Å². The number of fused-ring (bicyclic) bond motifs is 1. The van der Waals surface area contributed by atoms with E-state index in [0.717, 1.165) is 5.56 Å². The van der Waals surface area contributed by atoms with Crippen molar-refractivity contribution in [3.8, 4) is 11.5 Å². The van der Waals surface area contributed by atoms with E-state index >= 15 is 0 Å². The second-order valence-electron chi connectivity index (χ2n) is 10.7. The standard InChI is InChI=1S/C29H32N8O4/c1-6-12-37-25(39)19-15-31-27(34-23(19)28(37,2)3)33-22-13-20(32-21(16-38)17-10-8-7-9-11-17)18(14-30-22)24-35-26(36-41-24)29(4,5)40/h6-11,13-15,21,38,40H,1,12,16H2,2-5H3,(H2,30,31,32,33,34)/t21-/m1/s1. The monoisotopic (exact) mass is 556 g/mol. The van der Waals surface area contributed by atoms with E-state index in [-0.39, 0.29) is 30.2 Å². The SMILES string of the molecule is C=CCN1C(=O)c2cnc(Nc3cc(N[C@H](CO)c4ccccc4)c(-c4nc(C(C)(C)O)no4)cn3)nc2C1(C)C. The fraction of sp³-hybridized carbons (Fsp3) is 0.310. The van der Waals surface area contributed by atoms with Crippen molar-refractivity contribution in [2.75, 3.05) is 23.8 Å². The predicted molar refractivity (Wildman–Crippen MR) is 152 cm³/mol. The number of benzene rings is 1. The van der Waals surface area contributed by atoms with Gasteiger partial charge in [-0.05, 0) is 33.3 Å². The number of aromatic nitrogens is 5. The second kappa shape index (κ2) is 10.7. The quantitative estimate of drug-likeness (QED) is 0.209. The molecule has 212 valence electrons. The normalized spacial score (nSPS) is 15.0. The molecule has 1 aromatic carbocycles. The van der Waals surface area contributed by atoms with Gasteiger partial charge in [0.25, 0.3) is 11.8 Å². The van der Waals surface area contributed by atoms with Crippen LogP contribution < -0.4 is 10.6 Å². The van der Waals surface area contributed by atoms with Crippen LogP contribution in [-0.2, 0) is 11.1 Å². The third-order valence-corrected chi connectivity index (χ3v) is 6.89. The number of hydrogen-bond donors (Lipinski definition) is 4. The summed E-state index contributed by atoms with van der Waals surface area (Å²) in [6.07, 6.45) is 4.73. The highest BCUT2D eigenvalue weighted by molar-refractivity contribution is 5.99. The van der Waals surface area contributed by atoms with Gasteiger partial charge in [0.15, 0.2) is 0 Å². The van der Waals surface area contributed by atoms with Crippen molar-refractivity contribution in [3.05, 3.63) is 84.1 Å². The lowest BCUT2D eigenvalue weighted by atomic mass is 10.0. The van der Waals surface area contributed by atoms with Crippen molar-refractivity contribution in [2.24, 2.45) is 0 Å². The maximum Gasteiger partial charge on any atom is 0.261 e. The van der Waals surface area contributed by atoms with Gasteiger partial charge in [-0.15, -0.1) is 6.58 Å². The summed E-state index contributed by atoms with van der Waals surface area (Å²) in [5, 5.41) is 30.9. The van der Waals surface area contributed by atoms with E-state index in [4.69, 9.17) is 4.52 Å². The minimum absolute atomic E-state index is 0.122. The lowest BCUT2D eigenvalue weighted by Gasteiger charge is -2.30. The fourth-order valence-corrected chi connectivity index (χ4v) is 4.65. The van der Waals surface area contributed by atoms with Crippen molar-refractivity contribution >= 4 is 23.4 Å². The smallest absolute Gasteiger partial charge is 0.261 e. The molecule has 0 spiro atoms. The number of rotatable bonds is 10. The van der Waals surface area contributed by atoms with Crippen LogP contribution >= 0.6 is 0 Å². The lowest BCUT2D eigenvalue weighted by Crippen LogP contribution is -2.39. The Labute approximate surface area is 237 Å². The summed E-state index contributed by atoms with van der Waals surface area (Å²) in [7, 11) is 0. The Morgan fingerprint density at radius 3 is 2.54 bits per heavy atom. The van der Waals surface area contributed by atoms with Gasteiger partial charge >= 0.3 is 0 Å². The first kappa shape index (κ1) is 27.9. The molecule has 4 aromatic rings. The van der Waals surface area contributed by atoms with Crippen LogP contribution in [0.15, 0.2) is 66.0 Å². The van der Waals surface area contributed by atoms with E-state index in [9.17, 15) is 15.0 Å². The third kappa shape index (κ3) is 5.39. The molecule has 12 heteroatoms. The molecule has 12 nitrogen and oxygen atoms in total. The molecule has 0 bridgehead atoms. The third-order valence-electron chi connectivity index (χ3n) is 6.89. The van der Waals surface area contributed by atoms with E-state index in [2.05, 4.69) is 42.3 Å². The summed E-state index contributed by atoms with van der Waals surface area (Å²) in [4.78, 5) is 32.5. The molecule has 0 aliphatic carbocycles. The summed E-state index contributed by atoms with van der Waals surface area (Å²) in [5.74, 6) is 0.779.